The van der Waals surface area contributed by atoms with Gasteiger partial charge in [0, 0.05) is 36.9 Å². The summed E-state index contributed by atoms with van der Waals surface area (Å²) >= 11 is 6.16. The highest BCUT2D eigenvalue weighted by molar-refractivity contribution is 6.30. The summed E-state index contributed by atoms with van der Waals surface area (Å²) < 4.78 is 0. The fourth-order valence-corrected chi connectivity index (χ4v) is 3.21. The molecule has 2 N–H and O–H groups in total. The molecular weight excluding hydrogens is 286 g/mol. The van der Waals surface area contributed by atoms with E-state index in [2.05, 4.69) is 15.5 Å². The number of benzene rings is 1. The smallest absolute Gasteiger partial charge is 0.242 e. The van der Waals surface area contributed by atoms with Crippen molar-refractivity contribution in [3.8, 4) is 0 Å². The van der Waals surface area contributed by atoms with Crippen molar-refractivity contribution in [1.29, 1.82) is 0 Å². The van der Waals surface area contributed by atoms with Gasteiger partial charge in [0.25, 0.3) is 0 Å². The zero-order valence-electron chi connectivity index (χ0n) is 12.4. The van der Waals surface area contributed by atoms with Crippen LogP contribution in [0.15, 0.2) is 18.2 Å². The highest BCUT2D eigenvalue weighted by Crippen LogP contribution is 2.31. The molecule has 0 spiro atoms. The van der Waals surface area contributed by atoms with Crippen LogP contribution in [-0.2, 0) is 11.3 Å². The Bertz CT molecular complexity index is 530. The van der Waals surface area contributed by atoms with Crippen molar-refractivity contribution in [2.75, 3.05) is 18.5 Å². The summed E-state index contributed by atoms with van der Waals surface area (Å²) in [4.78, 5) is 14.3. The average Bonchev–Trinajstić information content (AvgIpc) is 3.20. The summed E-state index contributed by atoms with van der Waals surface area (Å²) in [5.41, 5.74) is 2.32. The number of nitrogens with one attached hydrogen (secondary N) is 2. The van der Waals surface area contributed by atoms with Gasteiger partial charge in [0.15, 0.2) is 0 Å². The predicted octanol–water partition coefficient (Wildman–Crippen LogP) is 2.31. The van der Waals surface area contributed by atoms with Crippen molar-refractivity contribution in [1.82, 2.24) is 10.6 Å². The molecule has 3 rings (SSSR count). The normalized spacial score (nSPS) is 21.6. The Morgan fingerprint density at radius 2 is 2.19 bits per heavy atom. The lowest BCUT2D eigenvalue weighted by molar-refractivity contribution is -0.121. The second-order valence-electron chi connectivity index (χ2n) is 5.89. The van der Waals surface area contributed by atoms with E-state index in [0.29, 0.717) is 6.04 Å². The van der Waals surface area contributed by atoms with Crippen LogP contribution in [0.4, 0.5) is 5.69 Å². The minimum Gasteiger partial charge on any atom is -0.359 e. The molecule has 0 radical (unpaired) electrons. The first-order chi connectivity index (χ1) is 10.2. The van der Waals surface area contributed by atoms with Gasteiger partial charge in [0.1, 0.15) is 6.04 Å². The average molecular weight is 308 g/mol. The Kier molecular flexibility index (Phi) is 4.36. The van der Waals surface area contributed by atoms with Crippen LogP contribution in [0.2, 0.25) is 5.02 Å². The van der Waals surface area contributed by atoms with Gasteiger partial charge in [0.05, 0.1) is 0 Å². The number of nitrogens with zero attached hydrogens (tertiary/aromatic N) is 1. The fraction of sp³-hybridized carbons (Fsp3) is 0.562. The number of anilines is 1. The largest absolute Gasteiger partial charge is 0.359 e. The maximum absolute atomic E-state index is 12.1. The molecule has 21 heavy (non-hydrogen) atoms. The molecule has 2 aliphatic rings. The van der Waals surface area contributed by atoms with Gasteiger partial charge in [0.2, 0.25) is 5.91 Å². The van der Waals surface area contributed by atoms with E-state index in [1.807, 2.05) is 18.2 Å². The van der Waals surface area contributed by atoms with E-state index in [4.69, 9.17) is 11.6 Å². The lowest BCUT2D eigenvalue weighted by Gasteiger charge is -2.28. The van der Waals surface area contributed by atoms with Gasteiger partial charge in [-0.25, -0.2) is 0 Å². The van der Waals surface area contributed by atoms with E-state index in [1.54, 1.807) is 7.05 Å². The molecule has 1 saturated heterocycles. The number of hydrogen-bond acceptors (Lipinski definition) is 3. The molecule has 1 unspecified atom stereocenters. The van der Waals surface area contributed by atoms with Gasteiger partial charge in [-0.2, -0.15) is 0 Å². The van der Waals surface area contributed by atoms with Crippen molar-refractivity contribution in [2.24, 2.45) is 0 Å². The van der Waals surface area contributed by atoms with Crippen molar-refractivity contribution in [3.05, 3.63) is 28.8 Å². The van der Waals surface area contributed by atoms with Crippen molar-refractivity contribution in [2.45, 2.75) is 44.3 Å². The Morgan fingerprint density at radius 3 is 2.90 bits per heavy atom. The number of halogens is 1. The third-order valence-corrected chi connectivity index (χ3v) is 4.55. The second-order valence-corrected chi connectivity index (χ2v) is 6.33. The van der Waals surface area contributed by atoms with Crippen molar-refractivity contribution < 1.29 is 4.79 Å². The second kappa shape index (κ2) is 6.24. The first kappa shape index (κ1) is 14.7. The molecule has 1 aromatic rings. The Labute approximate surface area is 130 Å². The quantitative estimate of drug-likeness (QED) is 0.877. The topological polar surface area (TPSA) is 44.4 Å². The molecule has 114 valence electrons. The van der Waals surface area contributed by atoms with Gasteiger partial charge in [-0.3, -0.25) is 4.79 Å². The summed E-state index contributed by atoms with van der Waals surface area (Å²) in [5.74, 6) is 0.101. The van der Waals surface area contributed by atoms with E-state index in [-0.39, 0.29) is 11.9 Å². The molecular formula is C16H22ClN3O. The summed E-state index contributed by atoms with van der Waals surface area (Å²) in [5, 5.41) is 7.06. The number of amides is 1. The SMILES string of the molecule is CNC(=O)C1CCCN1c1ccc(Cl)cc1CNC1CC1. The lowest BCUT2D eigenvalue weighted by atomic mass is 10.1. The molecule has 0 aromatic heterocycles. The molecule has 1 aromatic carbocycles. The monoisotopic (exact) mass is 307 g/mol. The van der Waals surface area contributed by atoms with Gasteiger partial charge in [-0.1, -0.05) is 11.6 Å². The Morgan fingerprint density at radius 1 is 1.38 bits per heavy atom. The van der Waals surface area contributed by atoms with E-state index in [1.165, 1.54) is 18.4 Å². The number of hydrogen-bond donors (Lipinski definition) is 2. The molecule has 1 atom stereocenters. The molecule has 1 aliphatic carbocycles. The Balaban J connectivity index is 1.83. The predicted molar refractivity (Wildman–Crippen MR) is 85.7 cm³/mol. The van der Waals surface area contributed by atoms with Crippen LogP contribution in [-0.4, -0.2) is 31.6 Å². The van der Waals surface area contributed by atoms with E-state index < -0.39 is 0 Å². The van der Waals surface area contributed by atoms with Crippen LogP contribution in [0.1, 0.15) is 31.2 Å². The zero-order chi connectivity index (χ0) is 14.8. The molecule has 0 bridgehead atoms. The molecule has 5 heteroatoms. The number of carbonyl (C=O) groups excluding carboxylic acids is 1. The number of rotatable bonds is 5. The molecule has 1 heterocycles. The van der Waals surface area contributed by atoms with E-state index in [9.17, 15) is 4.79 Å². The highest BCUT2D eigenvalue weighted by Gasteiger charge is 2.31. The summed E-state index contributed by atoms with van der Waals surface area (Å²) in [7, 11) is 1.70. The fourth-order valence-electron chi connectivity index (χ4n) is 3.01. The van der Waals surface area contributed by atoms with E-state index in [0.717, 1.165) is 36.6 Å². The molecule has 1 saturated carbocycles. The minimum absolute atomic E-state index is 0.0594. The summed E-state index contributed by atoms with van der Waals surface area (Å²) in [6, 6.07) is 6.58. The summed E-state index contributed by atoms with van der Waals surface area (Å²) in [6.45, 7) is 1.74. The van der Waals surface area contributed by atoms with Crippen molar-refractivity contribution in [3.63, 3.8) is 0 Å². The van der Waals surface area contributed by atoms with Crippen LogP contribution in [0.5, 0.6) is 0 Å². The van der Waals surface area contributed by atoms with Gasteiger partial charge in [-0.15, -0.1) is 0 Å². The maximum Gasteiger partial charge on any atom is 0.242 e. The first-order valence-corrected chi connectivity index (χ1v) is 8.07. The van der Waals surface area contributed by atoms with Crippen LogP contribution >= 0.6 is 11.6 Å². The van der Waals surface area contributed by atoms with Gasteiger partial charge < -0.3 is 15.5 Å². The van der Waals surface area contributed by atoms with Gasteiger partial charge in [-0.05, 0) is 49.4 Å². The molecule has 1 amide bonds. The third-order valence-electron chi connectivity index (χ3n) is 4.31. The van der Waals surface area contributed by atoms with Crippen LogP contribution in [0.3, 0.4) is 0 Å². The minimum atomic E-state index is -0.0594. The van der Waals surface area contributed by atoms with E-state index >= 15 is 0 Å². The van der Waals surface area contributed by atoms with Crippen LogP contribution < -0.4 is 15.5 Å². The Hall–Kier alpha value is -1.26. The molecule has 2 fully saturated rings. The van der Waals surface area contributed by atoms with Crippen LogP contribution in [0.25, 0.3) is 0 Å². The standard InChI is InChI=1S/C16H22ClN3O/c1-18-16(21)15-3-2-8-20(15)14-7-4-12(17)9-11(14)10-19-13-5-6-13/h4,7,9,13,15,19H,2-3,5-6,8,10H2,1H3,(H,18,21). The van der Waals surface area contributed by atoms with Crippen molar-refractivity contribution >= 4 is 23.2 Å². The first-order valence-electron chi connectivity index (χ1n) is 7.69. The molecule has 1 aliphatic heterocycles. The molecule has 4 nitrogen and oxygen atoms in total. The highest BCUT2D eigenvalue weighted by atomic mass is 35.5. The van der Waals surface area contributed by atoms with Gasteiger partial charge >= 0.3 is 0 Å². The summed E-state index contributed by atoms with van der Waals surface area (Å²) in [6.07, 6.45) is 4.49. The lowest BCUT2D eigenvalue weighted by Crippen LogP contribution is -2.42. The maximum atomic E-state index is 12.1. The van der Waals surface area contributed by atoms with Crippen LogP contribution in [0, 0.1) is 0 Å². The number of carbonyl (C=O) groups is 1. The number of likely N-dealkylation sites (N-methyl/N-ethyl adjacent to an activating group) is 1. The third kappa shape index (κ3) is 3.33. The zero-order valence-corrected chi connectivity index (χ0v) is 13.1.